The number of hydrogen-bond donors (Lipinski definition) is 1. The number of alkyl halides is 1. The van der Waals surface area contributed by atoms with E-state index >= 15 is 4.79 Å². The fourth-order valence-electron chi connectivity index (χ4n) is 17.4. The van der Waals surface area contributed by atoms with E-state index < -0.39 is 23.5 Å². The van der Waals surface area contributed by atoms with Gasteiger partial charge in [0.1, 0.15) is 12.3 Å². The monoisotopic (exact) mass is 793 g/mol. The Balaban J connectivity index is 0.960. The molecule has 0 aromatic heterocycles. The van der Waals surface area contributed by atoms with Gasteiger partial charge in [-0.3, -0.25) is 14.4 Å². The summed E-state index contributed by atoms with van der Waals surface area (Å²) in [6.45, 7) is 22.6. The zero-order chi connectivity index (χ0) is 40.7. The van der Waals surface area contributed by atoms with Crippen LogP contribution in [0.15, 0.2) is 0 Å². The van der Waals surface area contributed by atoms with E-state index in [1.54, 1.807) is 0 Å². The highest BCUT2D eigenvalue weighted by atomic mass is 19.1. The number of ether oxygens (including phenoxy) is 1. The molecule has 320 valence electrons. The number of halogens is 1. The molecule has 9 aliphatic rings. The molecule has 9 fully saturated rings. The molecule has 0 aromatic rings. The van der Waals surface area contributed by atoms with Crippen molar-refractivity contribution in [3.8, 4) is 0 Å². The summed E-state index contributed by atoms with van der Waals surface area (Å²) in [5.41, 5.74) is -0.0797. The maximum atomic E-state index is 15.5. The smallest absolute Gasteiger partial charge is 0.309 e. The van der Waals surface area contributed by atoms with Crippen molar-refractivity contribution in [2.75, 3.05) is 26.2 Å². The fraction of sp³-hybridized carbons (Fsp3) is 0.939. The quantitative estimate of drug-likeness (QED) is 0.259. The van der Waals surface area contributed by atoms with Crippen LogP contribution in [0, 0.1) is 79.3 Å². The van der Waals surface area contributed by atoms with E-state index in [4.69, 9.17) is 4.74 Å². The lowest BCUT2D eigenvalue weighted by atomic mass is 9.32. The van der Waals surface area contributed by atoms with E-state index in [-0.39, 0.29) is 51.1 Å². The summed E-state index contributed by atoms with van der Waals surface area (Å²) in [7, 11) is 0. The summed E-state index contributed by atoms with van der Waals surface area (Å²) in [5.74, 6) is 1.37. The molecule has 7 nitrogen and oxygen atoms in total. The highest BCUT2D eigenvalue weighted by Gasteiger charge is 2.74. The molecule has 0 radical (unpaired) electrons. The third kappa shape index (κ3) is 5.78. The van der Waals surface area contributed by atoms with Gasteiger partial charge in [-0.15, -0.1) is 0 Å². The van der Waals surface area contributed by atoms with Crippen LogP contribution in [0.4, 0.5) is 4.39 Å². The lowest BCUT2D eigenvalue weighted by molar-refractivity contribution is -0.253. The number of nitrogens with zero attached hydrogens (tertiary/aromatic N) is 2. The average molecular weight is 793 g/mol. The molecule has 1 N–H and O–H groups in total. The molecule has 0 unspecified atom stereocenters. The van der Waals surface area contributed by atoms with E-state index in [0.29, 0.717) is 60.2 Å². The highest BCUT2D eigenvalue weighted by Crippen LogP contribution is 2.79. The number of carbonyl (C=O) groups excluding carboxylic acids is 2. The third-order valence-electron chi connectivity index (χ3n) is 21.5. The van der Waals surface area contributed by atoms with E-state index in [1.165, 1.54) is 38.5 Å². The summed E-state index contributed by atoms with van der Waals surface area (Å²) >= 11 is 0. The highest BCUT2D eigenvalue weighted by molar-refractivity contribution is 5.84. The van der Waals surface area contributed by atoms with Crippen molar-refractivity contribution in [1.29, 1.82) is 0 Å². The van der Waals surface area contributed by atoms with Gasteiger partial charge in [-0.05, 0) is 166 Å². The minimum atomic E-state index is -0.810. The predicted octanol–water partition coefficient (Wildman–Crippen LogP) is 9.95. The van der Waals surface area contributed by atoms with Crippen molar-refractivity contribution in [2.24, 2.45) is 79.3 Å². The second kappa shape index (κ2) is 13.4. The third-order valence-corrected chi connectivity index (χ3v) is 21.5. The molecule has 2 saturated heterocycles. The van der Waals surface area contributed by atoms with Crippen molar-refractivity contribution < 1.29 is 28.6 Å². The zero-order valence-electron chi connectivity index (χ0n) is 37.0. The van der Waals surface area contributed by atoms with Crippen molar-refractivity contribution in [2.45, 2.75) is 183 Å². The van der Waals surface area contributed by atoms with Gasteiger partial charge in [-0.2, -0.15) is 0 Å². The molecule has 13 atom stereocenters. The molecule has 0 bridgehead atoms. The van der Waals surface area contributed by atoms with Gasteiger partial charge in [-0.1, -0.05) is 55.4 Å². The minimum absolute atomic E-state index is 0.149. The molecule has 9 rings (SSSR count). The first-order valence-corrected chi connectivity index (χ1v) is 23.8. The Bertz CT molecular complexity index is 1630. The van der Waals surface area contributed by atoms with Gasteiger partial charge < -0.3 is 19.6 Å². The van der Waals surface area contributed by atoms with E-state index in [0.717, 1.165) is 77.5 Å². The number of fused-ring (bicyclic) bond motifs is 7. The first-order valence-electron chi connectivity index (χ1n) is 23.8. The molecule has 1 amide bonds. The van der Waals surface area contributed by atoms with Crippen molar-refractivity contribution in [3.63, 3.8) is 0 Å². The first kappa shape index (κ1) is 40.7. The van der Waals surface area contributed by atoms with Crippen LogP contribution in [0.1, 0.15) is 165 Å². The molecule has 7 aliphatic carbocycles. The first-order chi connectivity index (χ1) is 26.7. The van der Waals surface area contributed by atoms with Crippen LogP contribution in [0.3, 0.4) is 0 Å². The van der Waals surface area contributed by atoms with Gasteiger partial charge in [0.25, 0.3) is 0 Å². The zero-order valence-corrected chi connectivity index (χ0v) is 37.0. The lowest BCUT2D eigenvalue weighted by Crippen LogP contribution is -2.68. The molecule has 2 aliphatic heterocycles. The number of carboxylic acid groups (broad SMARTS) is 1. The number of rotatable bonds is 7. The van der Waals surface area contributed by atoms with E-state index in [1.807, 2.05) is 13.8 Å². The van der Waals surface area contributed by atoms with Crippen molar-refractivity contribution in [1.82, 2.24) is 9.80 Å². The summed E-state index contributed by atoms with van der Waals surface area (Å²) < 4.78 is 20.5. The van der Waals surface area contributed by atoms with Crippen molar-refractivity contribution >= 4 is 17.8 Å². The number of aliphatic carboxylic acids is 1. The number of carbonyl (C=O) groups is 3. The molecule has 0 aromatic carbocycles. The van der Waals surface area contributed by atoms with Gasteiger partial charge in [0.2, 0.25) is 5.91 Å². The number of esters is 1. The number of piperidine rings is 1. The number of hydrogen-bond acceptors (Lipinski definition) is 5. The van der Waals surface area contributed by atoms with Crippen LogP contribution in [0.25, 0.3) is 0 Å². The maximum absolute atomic E-state index is 15.5. The van der Waals surface area contributed by atoms with Crippen molar-refractivity contribution in [3.05, 3.63) is 0 Å². The van der Waals surface area contributed by atoms with Gasteiger partial charge in [0.15, 0.2) is 0 Å². The second-order valence-corrected chi connectivity index (χ2v) is 24.2. The summed E-state index contributed by atoms with van der Waals surface area (Å²) in [4.78, 5) is 45.8. The fourth-order valence-corrected chi connectivity index (χ4v) is 17.4. The summed E-state index contributed by atoms with van der Waals surface area (Å²) in [6.07, 6.45) is 16.9. The van der Waals surface area contributed by atoms with Gasteiger partial charge in [-0.25, -0.2) is 4.39 Å². The Morgan fingerprint density at radius 3 is 2.07 bits per heavy atom. The average Bonchev–Trinajstić information content (AvgIpc) is 3.52. The Labute approximate surface area is 343 Å². The van der Waals surface area contributed by atoms with Crippen LogP contribution < -0.4 is 0 Å². The van der Waals surface area contributed by atoms with E-state index in [9.17, 15) is 19.1 Å². The minimum Gasteiger partial charge on any atom is -0.481 e. The summed E-state index contributed by atoms with van der Waals surface area (Å²) in [5, 5.41) is 9.70. The number of amides is 1. The SMILES string of the molecule is CC1([C@@H]2CC[C@]3(C(=O)N4CCC[C@H]4CN4CCC(F)CC4)CC[C@]4(C)[C@H](CC[C@@H]5[C@@]6(C)CC[C@H](OC(=O)[C@H]7C[C@@H](C(=O)O)C7(C)C)C(C)(C)[C@@H]6CC[C@]54C)[C@@H]23)CC1. The number of likely N-dealkylation sites (tertiary alicyclic amines) is 2. The molecule has 0 spiro atoms. The molecule has 57 heavy (non-hydrogen) atoms. The lowest BCUT2D eigenvalue weighted by Gasteiger charge is -2.73. The van der Waals surface area contributed by atoms with Gasteiger partial charge >= 0.3 is 11.9 Å². The van der Waals surface area contributed by atoms with Crippen LogP contribution in [-0.4, -0.2) is 77.2 Å². The van der Waals surface area contributed by atoms with Crippen LogP contribution in [-0.2, 0) is 19.1 Å². The maximum Gasteiger partial charge on any atom is 0.309 e. The molecular formula is C49H77FN2O5. The van der Waals surface area contributed by atoms with Gasteiger partial charge in [0.05, 0.1) is 17.3 Å². The summed E-state index contributed by atoms with van der Waals surface area (Å²) in [6, 6.07) is 0.274. The van der Waals surface area contributed by atoms with Crippen LogP contribution >= 0.6 is 0 Å². The Morgan fingerprint density at radius 1 is 0.684 bits per heavy atom. The molecule has 7 saturated carbocycles. The largest absolute Gasteiger partial charge is 0.481 e. The Hall–Kier alpha value is -1.70. The predicted molar refractivity (Wildman–Crippen MR) is 220 cm³/mol. The second-order valence-electron chi connectivity index (χ2n) is 24.2. The van der Waals surface area contributed by atoms with Crippen LogP contribution in [0.2, 0.25) is 0 Å². The Kier molecular flexibility index (Phi) is 9.57. The van der Waals surface area contributed by atoms with Crippen LogP contribution in [0.5, 0.6) is 0 Å². The number of carboxylic acids is 1. The molecular weight excluding hydrogens is 716 g/mol. The standard InChI is InChI=1S/C49H77FN2O5/c1-43(2)34(40(53)54)28-35(43)41(55)57-38-15-18-46(6)36(44(38,3)4)14-19-48(8)37(46)12-11-33-39-32(45(5)21-22-45)13-20-49(39,24-23-47(33,48)7)42(56)52-25-9-10-31(52)29-51-26-16-30(50)17-27-51/h30-39H,9-29H2,1-8H3,(H,53,54)/t31-,32+,33+,34-,35+,36-,37+,38-,39+,46-,47+,48+,49-/m0/s1. The van der Waals surface area contributed by atoms with Gasteiger partial charge in [0, 0.05) is 37.6 Å². The molecule has 8 heteroatoms. The van der Waals surface area contributed by atoms with E-state index in [2.05, 4.69) is 51.3 Å². The topological polar surface area (TPSA) is 87.2 Å². The Morgan fingerprint density at radius 2 is 1.40 bits per heavy atom. The molecule has 2 heterocycles. The normalized spacial score (nSPS) is 48.4.